The molecule has 0 atom stereocenters. The van der Waals surface area contributed by atoms with Crippen molar-refractivity contribution < 1.29 is 14.3 Å². The molecule has 166 valence electrons. The molecular formula is C23H18BrN5O4. The largest absolute Gasteiger partial charge is 0.490 e. The molecule has 0 saturated heterocycles. The number of nitriles is 2. The number of anilines is 2. The molecule has 0 spiro atoms. The summed E-state index contributed by atoms with van der Waals surface area (Å²) in [5, 5.41) is 21.8. The van der Waals surface area contributed by atoms with Crippen molar-refractivity contribution in [3.63, 3.8) is 0 Å². The number of ether oxygens (including phenoxy) is 2. The Balaban J connectivity index is 1.99. The molecule has 0 bridgehead atoms. The van der Waals surface area contributed by atoms with Gasteiger partial charge in [-0.15, -0.1) is 0 Å². The monoisotopic (exact) mass is 507 g/mol. The Morgan fingerprint density at radius 2 is 1.79 bits per heavy atom. The molecule has 1 aromatic heterocycles. The summed E-state index contributed by atoms with van der Waals surface area (Å²) in [6.07, 6.45) is 0. The van der Waals surface area contributed by atoms with E-state index in [0.717, 1.165) is 0 Å². The third-order valence-electron chi connectivity index (χ3n) is 4.49. The number of halogens is 1. The van der Waals surface area contributed by atoms with E-state index in [1.54, 1.807) is 31.2 Å². The van der Waals surface area contributed by atoms with Gasteiger partial charge in [0.1, 0.15) is 29.1 Å². The van der Waals surface area contributed by atoms with Crippen molar-refractivity contribution in [1.29, 1.82) is 10.5 Å². The molecule has 9 nitrogen and oxygen atoms in total. The lowest BCUT2D eigenvalue weighted by atomic mass is 9.96. The third kappa shape index (κ3) is 5.14. The molecular weight excluding hydrogens is 490 g/mol. The highest BCUT2D eigenvalue weighted by Crippen LogP contribution is 2.41. The predicted molar refractivity (Wildman–Crippen MR) is 126 cm³/mol. The van der Waals surface area contributed by atoms with E-state index in [1.165, 1.54) is 12.1 Å². The van der Waals surface area contributed by atoms with Crippen LogP contribution in [-0.4, -0.2) is 24.1 Å². The molecule has 3 aromatic rings. The summed E-state index contributed by atoms with van der Waals surface area (Å²) in [5.41, 5.74) is 5.82. The van der Waals surface area contributed by atoms with E-state index in [9.17, 15) is 20.1 Å². The molecule has 0 aliphatic carbocycles. The number of amides is 1. The number of H-pyrrole nitrogens is 1. The van der Waals surface area contributed by atoms with Gasteiger partial charge in [0.2, 0.25) is 0 Å². The summed E-state index contributed by atoms with van der Waals surface area (Å²) in [6.45, 7) is 1.76. The van der Waals surface area contributed by atoms with Crippen molar-refractivity contribution in [3.05, 3.63) is 68.4 Å². The number of aromatic amines is 1. The molecule has 3 rings (SSSR count). The second kappa shape index (κ2) is 10.4. The number of aromatic nitrogens is 1. The van der Waals surface area contributed by atoms with Gasteiger partial charge in [0, 0.05) is 21.3 Å². The standard InChI is InChI=1S/C23H18BrN5O4/c1-2-32-18-8-14(21-15(10-25)22(27)29-23(31)16(21)11-26)17(24)9-19(18)33-12-20(30)28-13-6-4-3-5-7-13/h3-9H,2,12H2,1H3,(H,28,30)(H3,27,29,31). The fraction of sp³-hybridized carbons (Fsp3) is 0.130. The lowest BCUT2D eigenvalue weighted by molar-refractivity contribution is -0.118. The summed E-state index contributed by atoms with van der Waals surface area (Å²) in [5.74, 6) is -0.00984. The van der Waals surface area contributed by atoms with Gasteiger partial charge in [-0.05, 0) is 31.2 Å². The molecule has 4 N–H and O–H groups in total. The van der Waals surface area contributed by atoms with Crippen molar-refractivity contribution in [2.45, 2.75) is 6.92 Å². The van der Waals surface area contributed by atoms with Crippen LogP contribution in [0.5, 0.6) is 11.5 Å². The van der Waals surface area contributed by atoms with Crippen LogP contribution in [0.25, 0.3) is 11.1 Å². The van der Waals surface area contributed by atoms with Crippen LogP contribution in [0, 0.1) is 22.7 Å². The van der Waals surface area contributed by atoms with Gasteiger partial charge in [-0.2, -0.15) is 10.5 Å². The Labute approximate surface area is 197 Å². The van der Waals surface area contributed by atoms with Crippen molar-refractivity contribution in [2.75, 3.05) is 24.3 Å². The van der Waals surface area contributed by atoms with Gasteiger partial charge in [0.25, 0.3) is 11.5 Å². The third-order valence-corrected chi connectivity index (χ3v) is 5.14. The summed E-state index contributed by atoms with van der Waals surface area (Å²) in [6, 6.07) is 15.7. The summed E-state index contributed by atoms with van der Waals surface area (Å²) >= 11 is 3.40. The molecule has 2 aromatic carbocycles. The Hall–Kier alpha value is -4.28. The minimum atomic E-state index is -0.716. The van der Waals surface area contributed by atoms with Crippen molar-refractivity contribution in [2.24, 2.45) is 0 Å². The topological polar surface area (TPSA) is 154 Å². The summed E-state index contributed by atoms with van der Waals surface area (Å²) in [4.78, 5) is 26.8. The molecule has 1 amide bonds. The number of hydrogen-bond acceptors (Lipinski definition) is 7. The SMILES string of the molecule is CCOc1cc(-c2c(C#N)c(N)[nH]c(=O)c2C#N)c(Br)cc1OCC(=O)Nc1ccccc1. The lowest BCUT2D eigenvalue weighted by Crippen LogP contribution is -2.20. The maximum atomic E-state index is 12.3. The fourth-order valence-electron chi connectivity index (χ4n) is 3.08. The molecule has 0 radical (unpaired) electrons. The van der Waals surface area contributed by atoms with Gasteiger partial charge in [-0.3, -0.25) is 9.59 Å². The quantitative estimate of drug-likeness (QED) is 0.441. The van der Waals surface area contributed by atoms with E-state index in [4.69, 9.17) is 15.2 Å². The summed E-state index contributed by atoms with van der Waals surface area (Å²) in [7, 11) is 0. The minimum Gasteiger partial charge on any atom is -0.490 e. The average Bonchev–Trinajstić information content (AvgIpc) is 2.79. The minimum absolute atomic E-state index is 0.0507. The highest BCUT2D eigenvalue weighted by atomic mass is 79.9. The molecule has 33 heavy (non-hydrogen) atoms. The number of nitrogens with one attached hydrogen (secondary N) is 2. The second-order valence-electron chi connectivity index (χ2n) is 6.63. The number of para-hydroxylation sites is 1. The van der Waals surface area contributed by atoms with Gasteiger partial charge >= 0.3 is 0 Å². The number of nitrogen functional groups attached to an aromatic ring is 1. The zero-order chi connectivity index (χ0) is 24.0. The van der Waals surface area contributed by atoms with Crippen molar-refractivity contribution in [1.82, 2.24) is 4.98 Å². The van der Waals surface area contributed by atoms with Crippen LogP contribution in [-0.2, 0) is 4.79 Å². The number of nitrogens with zero attached hydrogens (tertiary/aromatic N) is 2. The maximum Gasteiger partial charge on any atom is 0.268 e. The van der Waals surface area contributed by atoms with Crippen LogP contribution in [0.1, 0.15) is 18.1 Å². The number of hydrogen-bond donors (Lipinski definition) is 3. The molecule has 0 saturated carbocycles. The first-order valence-electron chi connectivity index (χ1n) is 9.69. The smallest absolute Gasteiger partial charge is 0.268 e. The second-order valence-corrected chi connectivity index (χ2v) is 7.49. The van der Waals surface area contributed by atoms with E-state index in [1.807, 2.05) is 18.2 Å². The van der Waals surface area contributed by atoms with E-state index in [-0.39, 0.29) is 53.1 Å². The van der Waals surface area contributed by atoms with Crippen LogP contribution < -0.4 is 26.1 Å². The van der Waals surface area contributed by atoms with Crippen LogP contribution in [0.4, 0.5) is 11.5 Å². The Bertz CT molecular complexity index is 1340. The van der Waals surface area contributed by atoms with Gasteiger partial charge in [-0.1, -0.05) is 34.1 Å². The Kier molecular flexibility index (Phi) is 7.34. The molecule has 0 aliphatic rings. The zero-order valence-electron chi connectivity index (χ0n) is 17.4. The van der Waals surface area contributed by atoms with Gasteiger partial charge in [-0.25, -0.2) is 0 Å². The first-order valence-corrected chi connectivity index (χ1v) is 10.5. The van der Waals surface area contributed by atoms with Gasteiger partial charge < -0.3 is 25.5 Å². The van der Waals surface area contributed by atoms with Crippen LogP contribution >= 0.6 is 15.9 Å². The zero-order valence-corrected chi connectivity index (χ0v) is 19.0. The Morgan fingerprint density at radius 3 is 2.42 bits per heavy atom. The van der Waals surface area contributed by atoms with Crippen molar-refractivity contribution in [3.8, 4) is 34.8 Å². The average molecular weight is 508 g/mol. The maximum absolute atomic E-state index is 12.3. The summed E-state index contributed by atoms with van der Waals surface area (Å²) < 4.78 is 11.7. The van der Waals surface area contributed by atoms with Crippen LogP contribution in [0.2, 0.25) is 0 Å². The molecule has 0 aliphatic heterocycles. The lowest BCUT2D eigenvalue weighted by Gasteiger charge is -2.16. The first-order chi connectivity index (χ1) is 15.9. The number of carbonyl (C=O) groups is 1. The highest BCUT2D eigenvalue weighted by Gasteiger charge is 2.22. The van der Waals surface area contributed by atoms with Crippen molar-refractivity contribution >= 4 is 33.3 Å². The van der Waals surface area contributed by atoms with Gasteiger partial charge in [0.15, 0.2) is 18.1 Å². The van der Waals surface area contributed by atoms with Crippen LogP contribution in [0.15, 0.2) is 51.7 Å². The molecule has 1 heterocycles. The fourth-order valence-corrected chi connectivity index (χ4v) is 3.60. The van der Waals surface area contributed by atoms with Crippen LogP contribution in [0.3, 0.4) is 0 Å². The van der Waals surface area contributed by atoms with E-state index >= 15 is 0 Å². The Morgan fingerprint density at radius 1 is 1.12 bits per heavy atom. The number of rotatable bonds is 7. The molecule has 10 heteroatoms. The predicted octanol–water partition coefficient (Wildman–Crippen LogP) is 3.55. The number of nitrogens with two attached hydrogens (primary N) is 1. The highest BCUT2D eigenvalue weighted by molar-refractivity contribution is 9.10. The normalized spacial score (nSPS) is 10.1. The van der Waals surface area contributed by atoms with E-state index < -0.39 is 5.56 Å². The molecule has 0 unspecified atom stereocenters. The number of carbonyl (C=O) groups excluding carboxylic acids is 1. The van der Waals surface area contributed by atoms with E-state index in [2.05, 4.69) is 26.2 Å². The first kappa shape index (κ1) is 23.4. The molecule has 0 fully saturated rings. The van der Waals surface area contributed by atoms with E-state index in [0.29, 0.717) is 15.7 Å². The van der Waals surface area contributed by atoms with Gasteiger partial charge in [0.05, 0.1) is 6.61 Å². The number of pyridine rings is 1. The number of benzene rings is 2.